The van der Waals surface area contributed by atoms with E-state index in [0.29, 0.717) is 16.5 Å². The van der Waals surface area contributed by atoms with Crippen molar-refractivity contribution in [2.45, 2.75) is 13.8 Å². The van der Waals surface area contributed by atoms with Crippen molar-refractivity contribution in [3.8, 4) is 22.8 Å². The highest BCUT2D eigenvalue weighted by molar-refractivity contribution is 6.31. The average Bonchev–Trinajstić information content (AvgIpc) is 2.54. The number of hydrogen-bond acceptors (Lipinski definition) is 4. The van der Waals surface area contributed by atoms with Gasteiger partial charge in [-0.3, -0.25) is 9.97 Å². The molecule has 0 unspecified atom stereocenters. The molecule has 0 aliphatic heterocycles. The second-order valence-corrected chi connectivity index (χ2v) is 5.70. The normalized spacial score (nSPS) is 10.6. The van der Waals surface area contributed by atoms with Crippen molar-refractivity contribution in [1.82, 2.24) is 9.97 Å². The van der Waals surface area contributed by atoms with Crippen LogP contribution in [0.15, 0.2) is 48.8 Å². The molecule has 4 nitrogen and oxygen atoms in total. The summed E-state index contributed by atoms with van der Waals surface area (Å²) in [4.78, 5) is 8.58. The summed E-state index contributed by atoms with van der Waals surface area (Å²) >= 11 is 6.07. The first kappa shape index (κ1) is 15.3. The molecule has 3 rings (SSSR count). The number of pyridine rings is 2. The van der Waals surface area contributed by atoms with Crippen LogP contribution >= 0.6 is 11.6 Å². The summed E-state index contributed by atoms with van der Waals surface area (Å²) in [7, 11) is 0. The van der Waals surface area contributed by atoms with Gasteiger partial charge in [0.15, 0.2) is 0 Å². The molecule has 23 heavy (non-hydrogen) atoms. The van der Waals surface area contributed by atoms with Crippen LogP contribution in [0.1, 0.15) is 11.3 Å². The Balaban J connectivity index is 1.90. The second kappa shape index (κ2) is 6.26. The molecular formula is C18H16ClN3O. The van der Waals surface area contributed by atoms with Gasteiger partial charge in [-0.1, -0.05) is 17.7 Å². The molecule has 0 radical (unpaired) electrons. The lowest BCUT2D eigenvalue weighted by Crippen LogP contribution is -1.92. The van der Waals surface area contributed by atoms with Gasteiger partial charge in [-0.15, -0.1) is 0 Å². The number of rotatable bonds is 3. The Kier molecular flexibility index (Phi) is 4.17. The van der Waals surface area contributed by atoms with Crippen molar-refractivity contribution < 1.29 is 4.74 Å². The Bertz CT molecular complexity index is 865. The fourth-order valence-electron chi connectivity index (χ4n) is 2.15. The van der Waals surface area contributed by atoms with Gasteiger partial charge in [0.25, 0.3) is 0 Å². The van der Waals surface area contributed by atoms with E-state index >= 15 is 0 Å². The number of anilines is 1. The molecule has 1 aromatic carbocycles. The largest absolute Gasteiger partial charge is 0.456 e. The van der Waals surface area contributed by atoms with Crippen LogP contribution in [0.2, 0.25) is 5.02 Å². The average molecular weight is 326 g/mol. The van der Waals surface area contributed by atoms with Crippen LogP contribution in [-0.4, -0.2) is 9.97 Å². The summed E-state index contributed by atoms with van der Waals surface area (Å²) in [6.45, 7) is 3.82. The van der Waals surface area contributed by atoms with Crippen LogP contribution in [0.25, 0.3) is 11.3 Å². The van der Waals surface area contributed by atoms with E-state index in [9.17, 15) is 0 Å². The molecule has 0 spiro atoms. The third-order valence-corrected chi connectivity index (χ3v) is 3.92. The Morgan fingerprint density at radius 3 is 2.57 bits per heavy atom. The molecule has 0 amide bonds. The summed E-state index contributed by atoms with van der Waals surface area (Å²) in [5.41, 5.74) is 10.2. The Labute approximate surface area is 139 Å². The van der Waals surface area contributed by atoms with Crippen molar-refractivity contribution in [1.29, 1.82) is 0 Å². The molecule has 2 heterocycles. The molecule has 0 aliphatic rings. The van der Waals surface area contributed by atoms with Gasteiger partial charge in [0, 0.05) is 29.6 Å². The predicted octanol–water partition coefficient (Wildman–Crippen LogP) is 4.79. The zero-order chi connectivity index (χ0) is 16.4. The summed E-state index contributed by atoms with van der Waals surface area (Å²) in [5.74, 6) is 1.26. The summed E-state index contributed by atoms with van der Waals surface area (Å²) < 4.78 is 5.82. The lowest BCUT2D eigenvalue weighted by Gasteiger charge is -2.09. The number of nitrogen functional groups attached to an aromatic ring is 1. The first-order chi connectivity index (χ1) is 11.0. The number of halogens is 1. The quantitative estimate of drug-likeness (QED) is 0.703. The topological polar surface area (TPSA) is 61.0 Å². The molecular weight excluding hydrogens is 310 g/mol. The van der Waals surface area contributed by atoms with Gasteiger partial charge < -0.3 is 10.5 Å². The molecule has 0 atom stereocenters. The maximum atomic E-state index is 6.07. The van der Waals surface area contributed by atoms with E-state index < -0.39 is 0 Å². The lowest BCUT2D eigenvalue weighted by atomic mass is 10.1. The molecule has 0 saturated carbocycles. The molecule has 2 aromatic heterocycles. The van der Waals surface area contributed by atoms with Crippen LogP contribution in [0.5, 0.6) is 11.5 Å². The zero-order valence-corrected chi connectivity index (χ0v) is 13.6. The fourth-order valence-corrected chi connectivity index (χ4v) is 2.30. The van der Waals surface area contributed by atoms with E-state index in [4.69, 9.17) is 22.1 Å². The molecule has 0 saturated heterocycles. The van der Waals surface area contributed by atoms with Crippen molar-refractivity contribution in [3.05, 3.63) is 65.1 Å². The smallest absolute Gasteiger partial charge is 0.147 e. The lowest BCUT2D eigenvalue weighted by molar-refractivity contribution is 0.479. The van der Waals surface area contributed by atoms with Crippen molar-refractivity contribution in [3.63, 3.8) is 0 Å². The standard InChI is InChI=1S/C18H16ClN3O/c1-11-7-13(3-4-17(11)20)18-9-14(5-6-21-18)23-15-8-16(19)12(2)22-10-15/h3-10H,20H2,1-2H3. The van der Waals surface area contributed by atoms with Gasteiger partial charge in [0.05, 0.1) is 22.6 Å². The molecule has 116 valence electrons. The highest BCUT2D eigenvalue weighted by Crippen LogP contribution is 2.28. The summed E-state index contributed by atoms with van der Waals surface area (Å²) in [6, 6.07) is 11.2. The van der Waals surface area contributed by atoms with E-state index in [-0.39, 0.29) is 0 Å². The number of nitrogens with two attached hydrogens (primary N) is 1. The molecule has 0 aliphatic carbocycles. The predicted molar refractivity (Wildman–Crippen MR) is 92.9 cm³/mol. The molecule has 3 aromatic rings. The molecule has 2 N–H and O–H groups in total. The van der Waals surface area contributed by atoms with Crippen molar-refractivity contribution in [2.75, 3.05) is 5.73 Å². The van der Waals surface area contributed by atoms with E-state index in [1.807, 2.05) is 38.1 Å². The third kappa shape index (κ3) is 3.43. The van der Waals surface area contributed by atoms with Crippen LogP contribution in [0.4, 0.5) is 5.69 Å². The van der Waals surface area contributed by atoms with Gasteiger partial charge in [-0.05, 0) is 37.6 Å². The van der Waals surface area contributed by atoms with Crippen LogP contribution in [-0.2, 0) is 0 Å². The minimum Gasteiger partial charge on any atom is -0.456 e. The highest BCUT2D eigenvalue weighted by atomic mass is 35.5. The number of nitrogens with zero attached hydrogens (tertiary/aromatic N) is 2. The highest BCUT2D eigenvalue weighted by Gasteiger charge is 2.06. The fraction of sp³-hybridized carbons (Fsp3) is 0.111. The Hall–Kier alpha value is -2.59. The van der Waals surface area contributed by atoms with E-state index in [2.05, 4.69) is 9.97 Å². The first-order valence-corrected chi connectivity index (χ1v) is 7.53. The van der Waals surface area contributed by atoms with Gasteiger partial charge >= 0.3 is 0 Å². The van der Waals surface area contributed by atoms with Gasteiger partial charge in [0.2, 0.25) is 0 Å². The molecule has 5 heteroatoms. The van der Waals surface area contributed by atoms with Gasteiger partial charge in [0.1, 0.15) is 11.5 Å². The van der Waals surface area contributed by atoms with Crippen molar-refractivity contribution in [2.24, 2.45) is 0 Å². The minimum atomic E-state index is 0.575. The van der Waals surface area contributed by atoms with Crippen LogP contribution in [0, 0.1) is 13.8 Å². The number of ether oxygens (including phenoxy) is 1. The van der Waals surface area contributed by atoms with Crippen LogP contribution < -0.4 is 10.5 Å². The zero-order valence-electron chi connectivity index (χ0n) is 12.9. The van der Waals surface area contributed by atoms with Crippen molar-refractivity contribution >= 4 is 17.3 Å². The van der Waals surface area contributed by atoms with E-state index in [1.165, 1.54) is 0 Å². The van der Waals surface area contributed by atoms with Crippen LogP contribution in [0.3, 0.4) is 0 Å². The Morgan fingerprint density at radius 1 is 1.00 bits per heavy atom. The maximum absolute atomic E-state index is 6.07. The monoisotopic (exact) mass is 325 g/mol. The number of benzene rings is 1. The number of aromatic nitrogens is 2. The third-order valence-electron chi connectivity index (χ3n) is 3.53. The summed E-state index contributed by atoms with van der Waals surface area (Å²) in [6.07, 6.45) is 3.36. The first-order valence-electron chi connectivity index (χ1n) is 7.15. The second-order valence-electron chi connectivity index (χ2n) is 5.29. The summed E-state index contributed by atoms with van der Waals surface area (Å²) in [5, 5.41) is 0.575. The molecule has 0 fully saturated rings. The Morgan fingerprint density at radius 2 is 1.83 bits per heavy atom. The minimum absolute atomic E-state index is 0.575. The molecule has 0 bridgehead atoms. The number of aryl methyl sites for hydroxylation is 2. The maximum Gasteiger partial charge on any atom is 0.147 e. The van der Waals surface area contributed by atoms with E-state index in [0.717, 1.165) is 28.2 Å². The van der Waals surface area contributed by atoms with E-state index in [1.54, 1.807) is 24.5 Å². The van der Waals surface area contributed by atoms with Gasteiger partial charge in [-0.25, -0.2) is 0 Å². The van der Waals surface area contributed by atoms with Gasteiger partial charge in [-0.2, -0.15) is 0 Å². The number of hydrogen-bond donors (Lipinski definition) is 1. The SMILES string of the molecule is Cc1cc(-c2cc(Oc3cnc(C)c(Cl)c3)ccn2)ccc1N.